The molecule has 128 valence electrons. The maximum Gasteiger partial charge on any atom is 0.255 e. The SMILES string of the molecule is CCOc1ccc(NS(=O)(=O)/C=C/c2ccc(Cl)cc2)cc1OC. The van der Waals surface area contributed by atoms with Crippen LogP contribution in [0.1, 0.15) is 12.5 Å². The highest BCUT2D eigenvalue weighted by atomic mass is 35.5. The summed E-state index contributed by atoms with van der Waals surface area (Å²) in [6.45, 7) is 2.35. The molecule has 0 amide bonds. The predicted octanol–water partition coefficient (Wildman–Crippen LogP) is 4.16. The number of sulfonamides is 1. The molecule has 2 aromatic carbocycles. The average molecular weight is 368 g/mol. The number of nitrogens with one attached hydrogen (secondary N) is 1. The zero-order chi connectivity index (χ0) is 17.6. The Morgan fingerprint density at radius 2 is 1.83 bits per heavy atom. The van der Waals surface area contributed by atoms with Gasteiger partial charge in [0.25, 0.3) is 10.0 Å². The van der Waals surface area contributed by atoms with Gasteiger partial charge < -0.3 is 9.47 Å². The van der Waals surface area contributed by atoms with E-state index in [1.165, 1.54) is 13.2 Å². The van der Waals surface area contributed by atoms with Crippen molar-refractivity contribution < 1.29 is 17.9 Å². The maximum atomic E-state index is 12.2. The van der Waals surface area contributed by atoms with Gasteiger partial charge in [-0.3, -0.25) is 4.72 Å². The number of ether oxygens (including phenoxy) is 2. The fourth-order valence-corrected chi connectivity index (χ4v) is 2.93. The zero-order valence-electron chi connectivity index (χ0n) is 13.3. The summed E-state index contributed by atoms with van der Waals surface area (Å²) in [5.41, 5.74) is 1.12. The van der Waals surface area contributed by atoms with Gasteiger partial charge in [0, 0.05) is 11.1 Å². The Kier molecular flexibility index (Phi) is 6.11. The lowest BCUT2D eigenvalue weighted by Crippen LogP contribution is -2.09. The van der Waals surface area contributed by atoms with Gasteiger partial charge in [0.2, 0.25) is 0 Å². The lowest BCUT2D eigenvalue weighted by atomic mass is 10.2. The highest BCUT2D eigenvalue weighted by Gasteiger charge is 2.10. The summed E-state index contributed by atoms with van der Waals surface area (Å²) in [4.78, 5) is 0. The van der Waals surface area contributed by atoms with Crippen LogP contribution in [0.5, 0.6) is 11.5 Å². The Labute approximate surface area is 146 Å². The molecule has 0 saturated heterocycles. The molecule has 1 N–H and O–H groups in total. The van der Waals surface area contributed by atoms with Gasteiger partial charge in [-0.1, -0.05) is 23.7 Å². The molecular weight excluding hydrogens is 350 g/mol. The second-order valence-electron chi connectivity index (χ2n) is 4.80. The normalized spacial score (nSPS) is 11.5. The number of methoxy groups -OCH3 is 1. The van der Waals surface area contributed by atoms with Crippen LogP contribution in [0.2, 0.25) is 5.02 Å². The van der Waals surface area contributed by atoms with E-state index in [1.807, 2.05) is 6.92 Å². The molecule has 7 heteroatoms. The molecule has 0 spiro atoms. The molecule has 0 aliphatic rings. The van der Waals surface area contributed by atoms with Crippen LogP contribution < -0.4 is 14.2 Å². The predicted molar refractivity (Wildman–Crippen MR) is 97.2 cm³/mol. The summed E-state index contributed by atoms with van der Waals surface area (Å²) in [6.07, 6.45) is 1.49. The van der Waals surface area contributed by atoms with E-state index in [1.54, 1.807) is 42.5 Å². The van der Waals surface area contributed by atoms with Crippen molar-refractivity contribution in [3.63, 3.8) is 0 Å². The Balaban J connectivity index is 2.15. The van der Waals surface area contributed by atoms with Crippen molar-refractivity contribution in [1.82, 2.24) is 0 Å². The summed E-state index contributed by atoms with van der Waals surface area (Å²) in [5, 5.41) is 1.69. The maximum absolute atomic E-state index is 12.2. The van der Waals surface area contributed by atoms with Gasteiger partial charge in [0.1, 0.15) is 0 Å². The Morgan fingerprint density at radius 3 is 2.46 bits per heavy atom. The van der Waals surface area contributed by atoms with Gasteiger partial charge in [-0.25, -0.2) is 8.42 Å². The quantitative estimate of drug-likeness (QED) is 0.798. The van der Waals surface area contributed by atoms with E-state index < -0.39 is 10.0 Å². The monoisotopic (exact) mass is 367 g/mol. The summed E-state index contributed by atoms with van der Waals surface area (Å²) in [7, 11) is -2.16. The molecular formula is C17H18ClNO4S. The molecule has 0 atom stereocenters. The number of hydrogen-bond acceptors (Lipinski definition) is 4. The molecule has 2 aromatic rings. The van der Waals surface area contributed by atoms with Crippen molar-refractivity contribution in [2.75, 3.05) is 18.4 Å². The molecule has 0 fully saturated rings. The van der Waals surface area contributed by atoms with Crippen LogP contribution in [0.3, 0.4) is 0 Å². The van der Waals surface area contributed by atoms with Crippen LogP contribution in [0.25, 0.3) is 6.08 Å². The largest absolute Gasteiger partial charge is 0.493 e. The fraction of sp³-hybridized carbons (Fsp3) is 0.176. The Morgan fingerprint density at radius 1 is 1.12 bits per heavy atom. The molecule has 0 heterocycles. The number of rotatable bonds is 7. The molecule has 0 aromatic heterocycles. The third kappa shape index (κ3) is 5.18. The second-order valence-corrected chi connectivity index (χ2v) is 6.80. The number of anilines is 1. The summed E-state index contributed by atoms with van der Waals surface area (Å²) in [5.74, 6) is 1.01. The molecule has 0 aliphatic carbocycles. The molecule has 2 rings (SSSR count). The minimum absolute atomic E-state index is 0.385. The van der Waals surface area contributed by atoms with Crippen LogP contribution in [-0.2, 0) is 10.0 Å². The molecule has 0 radical (unpaired) electrons. The van der Waals surface area contributed by atoms with E-state index in [4.69, 9.17) is 21.1 Å². The van der Waals surface area contributed by atoms with Crippen molar-refractivity contribution in [1.29, 1.82) is 0 Å². The molecule has 0 saturated carbocycles. The van der Waals surface area contributed by atoms with Crippen molar-refractivity contribution in [2.45, 2.75) is 6.92 Å². The van der Waals surface area contributed by atoms with Gasteiger partial charge in [-0.15, -0.1) is 0 Å². The van der Waals surface area contributed by atoms with Crippen molar-refractivity contribution >= 4 is 33.4 Å². The first kappa shape index (κ1) is 18.2. The standard InChI is InChI=1S/C17H18ClNO4S/c1-3-23-16-9-8-15(12-17(16)22-2)19-24(20,21)11-10-13-4-6-14(18)7-5-13/h4-12,19H,3H2,1-2H3/b11-10+. The number of hydrogen-bond donors (Lipinski definition) is 1. The van der Waals surface area contributed by atoms with E-state index in [2.05, 4.69) is 4.72 Å². The van der Waals surface area contributed by atoms with Crippen LogP contribution in [0, 0.1) is 0 Å². The molecule has 24 heavy (non-hydrogen) atoms. The van der Waals surface area contributed by atoms with Crippen LogP contribution in [0.4, 0.5) is 5.69 Å². The third-order valence-corrected chi connectivity index (χ3v) is 4.30. The van der Waals surface area contributed by atoms with Gasteiger partial charge in [-0.05, 0) is 42.8 Å². The first-order chi connectivity index (χ1) is 11.4. The first-order valence-corrected chi connectivity index (χ1v) is 9.13. The zero-order valence-corrected chi connectivity index (χ0v) is 14.9. The van der Waals surface area contributed by atoms with Gasteiger partial charge in [0.05, 0.1) is 24.8 Å². The van der Waals surface area contributed by atoms with Crippen LogP contribution in [-0.4, -0.2) is 22.1 Å². The molecule has 0 aliphatic heterocycles. The third-order valence-electron chi connectivity index (χ3n) is 3.03. The topological polar surface area (TPSA) is 64.6 Å². The van der Waals surface area contributed by atoms with Gasteiger partial charge in [0.15, 0.2) is 11.5 Å². The number of halogens is 1. The Bertz CT molecular complexity index is 817. The van der Waals surface area contributed by atoms with E-state index in [-0.39, 0.29) is 0 Å². The van der Waals surface area contributed by atoms with E-state index >= 15 is 0 Å². The minimum Gasteiger partial charge on any atom is -0.493 e. The van der Waals surface area contributed by atoms with E-state index in [0.29, 0.717) is 28.8 Å². The van der Waals surface area contributed by atoms with Crippen LogP contribution in [0.15, 0.2) is 47.9 Å². The minimum atomic E-state index is -3.65. The summed E-state index contributed by atoms with van der Waals surface area (Å²) >= 11 is 5.80. The second kappa shape index (κ2) is 8.08. The fourth-order valence-electron chi connectivity index (χ4n) is 1.95. The molecule has 5 nitrogen and oxygen atoms in total. The van der Waals surface area contributed by atoms with E-state index in [0.717, 1.165) is 11.0 Å². The molecule has 0 unspecified atom stereocenters. The summed E-state index contributed by atoms with van der Waals surface area (Å²) < 4.78 is 37.4. The molecule has 0 bridgehead atoms. The highest BCUT2D eigenvalue weighted by Crippen LogP contribution is 2.30. The van der Waals surface area contributed by atoms with Crippen molar-refractivity contribution in [2.24, 2.45) is 0 Å². The average Bonchev–Trinajstić information content (AvgIpc) is 2.55. The summed E-state index contributed by atoms with van der Waals surface area (Å²) in [6, 6.07) is 11.7. The number of benzene rings is 2. The van der Waals surface area contributed by atoms with Gasteiger partial charge >= 0.3 is 0 Å². The highest BCUT2D eigenvalue weighted by molar-refractivity contribution is 7.95. The van der Waals surface area contributed by atoms with Crippen LogP contribution >= 0.6 is 11.6 Å². The van der Waals surface area contributed by atoms with Gasteiger partial charge in [-0.2, -0.15) is 0 Å². The van der Waals surface area contributed by atoms with Crippen molar-refractivity contribution in [3.05, 3.63) is 58.5 Å². The lowest BCUT2D eigenvalue weighted by Gasteiger charge is -2.11. The Hall–Kier alpha value is -2.18. The smallest absolute Gasteiger partial charge is 0.255 e. The lowest BCUT2D eigenvalue weighted by molar-refractivity contribution is 0.311. The van der Waals surface area contributed by atoms with E-state index in [9.17, 15) is 8.42 Å². The van der Waals surface area contributed by atoms with Crippen molar-refractivity contribution in [3.8, 4) is 11.5 Å². The first-order valence-electron chi connectivity index (χ1n) is 7.21.